The third-order valence-corrected chi connectivity index (χ3v) is 3.90. The molecule has 2 rings (SSSR count). The van der Waals surface area contributed by atoms with Crippen LogP contribution in [0.15, 0.2) is 18.2 Å². The van der Waals surface area contributed by atoms with Crippen LogP contribution in [-0.4, -0.2) is 18.5 Å². The molecule has 1 atom stereocenters. The molecular formula is C17H24O2. The fourth-order valence-electron chi connectivity index (χ4n) is 2.69. The maximum absolute atomic E-state index is 12.0. The lowest BCUT2D eigenvalue weighted by molar-refractivity contribution is -0.118. The van der Waals surface area contributed by atoms with Gasteiger partial charge in [0.2, 0.25) is 0 Å². The smallest absolute Gasteiger partial charge is 0.137 e. The number of rotatable bonds is 6. The van der Waals surface area contributed by atoms with E-state index in [2.05, 4.69) is 32.0 Å². The van der Waals surface area contributed by atoms with Crippen molar-refractivity contribution in [1.82, 2.24) is 0 Å². The second kappa shape index (κ2) is 6.85. The number of Topliss-reactive ketones (excluding diaryl/α,β-unsaturated/α-hetero) is 1. The zero-order valence-electron chi connectivity index (χ0n) is 12.1. The number of hydrogen-bond donors (Lipinski definition) is 0. The van der Waals surface area contributed by atoms with Crippen LogP contribution in [0.4, 0.5) is 0 Å². The number of ether oxygens (including phenoxy) is 1. The van der Waals surface area contributed by atoms with E-state index in [0.717, 1.165) is 19.4 Å². The number of benzene rings is 1. The molecule has 19 heavy (non-hydrogen) atoms. The molecule has 1 unspecified atom stereocenters. The van der Waals surface area contributed by atoms with Crippen molar-refractivity contribution >= 4 is 5.78 Å². The first-order valence-electron chi connectivity index (χ1n) is 7.34. The summed E-state index contributed by atoms with van der Waals surface area (Å²) in [6.45, 7) is 5.06. The third kappa shape index (κ3) is 4.46. The molecule has 1 aliphatic rings. The van der Waals surface area contributed by atoms with Gasteiger partial charge in [-0.2, -0.15) is 0 Å². The van der Waals surface area contributed by atoms with Crippen molar-refractivity contribution in [2.75, 3.05) is 6.61 Å². The van der Waals surface area contributed by atoms with Gasteiger partial charge in [-0.1, -0.05) is 23.8 Å². The molecule has 1 saturated heterocycles. The Labute approximate surface area is 116 Å². The average Bonchev–Trinajstić information content (AvgIpc) is 2.87. The first-order chi connectivity index (χ1) is 9.15. The van der Waals surface area contributed by atoms with Crippen molar-refractivity contribution in [2.24, 2.45) is 0 Å². The fraction of sp³-hybridized carbons (Fsp3) is 0.588. The van der Waals surface area contributed by atoms with Gasteiger partial charge in [-0.15, -0.1) is 0 Å². The van der Waals surface area contributed by atoms with Crippen LogP contribution in [0.25, 0.3) is 0 Å². The van der Waals surface area contributed by atoms with Crippen LogP contribution in [0.5, 0.6) is 0 Å². The monoisotopic (exact) mass is 260 g/mol. The summed E-state index contributed by atoms with van der Waals surface area (Å²) < 4.78 is 5.58. The molecule has 0 saturated carbocycles. The molecule has 1 aromatic rings. The Kier molecular flexibility index (Phi) is 5.15. The molecule has 1 aliphatic heterocycles. The van der Waals surface area contributed by atoms with Gasteiger partial charge in [-0.05, 0) is 50.7 Å². The van der Waals surface area contributed by atoms with Gasteiger partial charge in [-0.25, -0.2) is 0 Å². The maximum atomic E-state index is 12.0. The fourth-order valence-corrected chi connectivity index (χ4v) is 2.69. The Balaban J connectivity index is 1.75. The van der Waals surface area contributed by atoms with Crippen LogP contribution in [0.2, 0.25) is 0 Å². The van der Waals surface area contributed by atoms with Crippen molar-refractivity contribution in [1.29, 1.82) is 0 Å². The Morgan fingerprint density at radius 1 is 1.37 bits per heavy atom. The van der Waals surface area contributed by atoms with Crippen LogP contribution in [0, 0.1) is 13.8 Å². The van der Waals surface area contributed by atoms with Crippen molar-refractivity contribution < 1.29 is 9.53 Å². The molecule has 0 bridgehead atoms. The first kappa shape index (κ1) is 14.3. The van der Waals surface area contributed by atoms with Gasteiger partial charge >= 0.3 is 0 Å². The largest absolute Gasteiger partial charge is 0.378 e. The van der Waals surface area contributed by atoms with Crippen LogP contribution < -0.4 is 0 Å². The van der Waals surface area contributed by atoms with Crippen LogP contribution in [-0.2, 0) is 16.0 Å². The summed E-state index contributed by atoms with van der Waals surface area (Å²) in [5, 5.41) is 0. The van der Waals surface area contributed by atoms with E-state index in [4.69, 9.17) is 4.74 Å². The second-order valence-corrected chi connectivity index (χ2v) is 5.67. The molecule has 104 valence electrons. The van der Waals surface area contributed by atoms with Gasteiger partial charge in [0, 0.05) is 19.4 Å². The lowest BCUT2D eigenvalue weighted by atomic mass is 9.98. The summed E-state index contributed by atoms with van der Waals surface area (Å²) in [5.74, 6) is 0.353. The number of carbonyl (C=O) groups is 1. The first-order valence-corrected chi connectivity index (χ1v) is 7.34. The molecule has 0 N–H and O–H groups in total. The predicted octanol–water partition coefficient (Wildman–Crippen LogP) is 3.76. The highest BCUT2D eigenvalue weighted by Gasteiger charge is 2.15. The van der Waals surface area contributed by atoms with Gasteiger partial charge in [-0.3, -0.25) is 4.79 Å². The number of aryl methyl sites for hydroxylation is 2. The van der Waals surface area contributed by atoms with Crippen molar-refractivity contribution in [3.63, 3.8) is 0 Å². The van der Waals surface area contributed by atoms with Crippen LogP contribution >= 0.6 is 0 Å². The minimum atomic E-state index is 0.353. The molecule has 0 amide bonds. The standard InChI is InChI=1S/C17H24O2/c1-13-8-9-14(2)15(11-13)12-16(18)5-3-6-17-7-4-10-19-17/h8-9,11,17H,3-7,10,12H2,1-2H3. The van der Waals surface area contributed by atoms with E-state index in [1.807, 2.05) is 0 Å². The van der Waals surface area contributed by atoms with E-state index in [-0.39, 0.29) is 0 Å². The Bertz CT molecular complexity index is 431. The van der Waals surface area contributed by atoms with Gasteiger partial charge in [0.1, 0.15) is 5.78 Å². The highest BCUT2D eigenvalue weighted by Crippen LogP contribution is 2.18. The average molecular weight is 260 g/mol. The Morgan fingerprint density at radius 2 is 2.21 bits per heavy atom. The van der Waals surface area contributed by atoms with E-state index in [0.29, 0.717) is 24.7 Å². The second-order valence-electron chi connectivity index (χ2n) is 5.67. The zero-order valence-corrected chi connectivity index (χ0v) is 12.1. The van der Waals surface area contributed by atoms with Gasteiger partial charge < -0.3 is 4.74 Å². The minimum absolute atomic E-state index is 0.353. The molecule has 2 heteroatoms. The summed E-state index contributed by atoms with van der Waals surface area (Å²) in [6, 6.07) is 6.33. The van der Waals surface area contributed by atoms with Gasteiger partial charge in [0.25, 0.3) is 0 Å². The molecule has 1 heterocycles. The molecule has 0 radical (unpaired) electrons. The number of carbonyl (C=O) groups excluding carboxylic acids is 1. The quantitative estimate of drug-likeness (QED) is 0.778. The third-order valence-electron chi connectivity index (χ3n) is 3.90. The molecule has 1 fully saturated rings. The molecule has 1 aromatic carbocycles. The van der Waals surface area contributed by atoms with E-state index >= 15 is 0 Å². The minimum Gasteiger partial charge on any atom is -0.378 e. The van der Waals surface area contributed by atoms with E-state index in [1.165, 1.54) is 29.5 Å². The normalized spacial score (nSPS) is 18.7. The van der Waals surface area contributed by atoms with Crippen LogP contribution in [0.3, 0.4) is 0 Å². The Hall–Kier alpha value is -1.15. The molecule has 0 spiro atoms. The maximum Gasteiger partial charge on any atom is 0.137 e. The van der Waals surface area contributed by atoms with Gasteiger partial charge in [0.05, 0.1) is 6.10 Å². The summed E-state index contributed by atoms with van der Waals surface area (Å²) in [6.07, 6.45) is 6.04. The molecular weight excluding hydrogens is 236 g/mol. The zero-order chi connectivity index (χ0) is 13.7. The molecule has 0 aliphatic carbocycles. The van der Waals surface area contributed by atoms with Crippen LogP contribution in [0.1, 0.15) is 48.8 Å². The summed E-state index contributed by atoms with van der Waals surface area (Å²) in [5.41, 5.74) is 3.63. The summed E-state index contributed by atoms with van der Waals surface area (Å²) in [7, 11) is 0. The van der Waals surface area contributed by atoms with E-state index in [1.54, 1.807) is 0 Å². The van der Waals surface area contributed by atoms with Crippen molar-refractivity contribution in [3.05, 3.63) is 34.9 Å². The predicted molar refractivity (Wildman–Crippen MR) is 77.5 cm³/mol. The molecule has 2 nitrogen and oxygen atoms in total. The summed E-state index contributed by atoms with van der Waals surface area (Å²) in [4.78, 5) is 12.0. The number of hydrogen-bond acceptors (Lipinski definition) is 2. The highest BCUT2D eigenvalue weighted by molar-refractivity contribution is 5.81. The topological polar surface area (TPSA) is 26.3 Å². The SMILES string of the molecule is Cc1ccc(C)c(CC(=O)CCCC2CCCO2)c1. The molecule has 0 aromatic heterocycles. The van der Waals surface area contributed by atoms with E-state index in [9.17, 15) is 4.79 Å². The van der Waals surface area contributed by atoms with Crippen molar-refractivity contribution in [2.45, 2.75) is 58.5 Å². The summed E-state index contributed by atoms with van der Waals surface area (Å²) >= 11 is 0. The lowest BCUT2D eigenvalue weighted by Gasteiger charge is -2.09. The highest BCUT2D eigenvalue weighted by atomic mass is 16.5. The lowest BCUT2D eigenvalue weighted by Crippen LogP contribution is -2.08. The van der Waals surface area contributed by atoms with Gasteiger partial charge in [0.15, 0.2) is 0 Å². The Morgan fingerprint density at radius 3 is 2.95 bits per heavy atom. The van der Waals surface area contributed by atoms with Crippen molar-refractivity contribution in [3.8, 4) is 0 Å². The number of ketones is 1. The van der Waals surface area contributed by atoms with E-state index < -0.39 is 0 Å².